The Morgan fingerprint density at radius 1 is 1.12 bits per heavy atom. The normalized spacial score (nSPS) is 21.5. The molecule has 3 aliphatic rings. The molecule has 0 bridgehead atoms. The van der Waals surface area contributed by atoms with E-state index in [1.54, 1.807) is 10.6 Å². The summed E-state index contributed by atoms with van der Waals surface area (Å²) in [6.45, 7) is 5.22. The van der Waals surface area contributed by atoms with Gasteiger partial charge < -0.3 is 14.7 Å². The number of aromatic nitrogens is 2. The number of carboxylic acid groups (broad SMARTS) is 1. The maximum Gasteiger partial charge on any atom is 0.490 e. The van der Waals surface area contributed by atoms with Gasteiger partial charge in [0.1, 0.15) is 11.9 Å². The van der Waals surface area contributed by atoms with Crippen molar-refractivity contribution >= 4 is 11.9 Å². The van der Waals surface area contributed by atoms with Gasteiger partial charge in [0.25, 0.3) is 11.5 Å². The quantitative estimate of drug-likeness (QED) is 0.727. The van der Waals surface area contributed by atoms with Crippen molar-refractivity contribution < 1.29 is 32.6 Å². The molecular formula is C20H27F3N4O5. The van der Waals surface area contributed by atoms with Crippen LogP contribution >= 0.6 is 0 Å². The summed E-state index contributed by atoms with van der Waals surface area (Å²) < 4.78 is 39.0. The molecule has 2 saturated heterocycles. The van der Waals surface area contributed by atoms with Gasteiger partial charge in [-0.1, -0.05) is 0 Å². The maximum atomic E-state index is 12.7. The second-order valence-corrected chi connectivity index (χ2v) is 8.05. The van der Waals surface area contributed by atoms with Crippen LogP contribution in [0.25, 0.3) is 0 Å². The number of ether oxygens (including phenoxy) is 1. The van der Waals surface area contributed by atoms with Crippen LogP contribution in [0.3, 0.4) is 0 Å². The molecule has 3 aliphatic heterocycles. The van der Waals surface area contributed by atoms with Crippen molar-refractivity contribution in [2.24, 2.45) is 0 Å². The van der Waals surface area contributed by atoms with Gasteiger partial charge in [-0.3, -0.25) is 19.1 Å². The fraction of sp³-hybridized carbons (Fsp3) is 0.700. The number of hydrogen-bond donors (Lipinski definition) is 1. The average molecular weight is 460 g/mol. The fourth-order valence-corrected chi connectivity index (χ4v) is 4.05. The van der Waals surface area contributed by atoms with Crippen LogP contribution in [-0.2, 0) is 34.0 Å². The van der Waals surface area contributed by atoms with Crippen molar-refractivity contribution in [3.8, 4) is 0 Å². The molecule has 1 aromatic rings. The molecule has 0 unspecified atom stereocenters. The molecule has 12 heteroatoms. The van der Waals surface area contributed by atoms with E-state index in [9.17, 15) is 22.8 Å². The van der Waals surface area contributed by atoms with Crippen molar-refractivity contribution in [2.75, 3.05) is 26.2 Å². The zero-order valence-corrected chi connectivity index (χ0v) is 17.6. The summed E-state index contributed by atoms with van der Waals surface area (Å²) in [5.41, 5.74) is 0.829. The molecule has 1 N–H and O–H groups in total. The Labute approximate surface area is 182 Å². The van der Waals surface area contributed by atoms with Gasteiger partial charge in [0.05, 0.1) is 12.2 Å². The molecule has 0 aromatic carbocycles. The lowest BCUT2D eigenvalue weighted by Gasteiger charge is -2.23. The Balaban J connectivity index is 0.000000360. The van der Waals surface area contributed by atoms with E-state index in [0.29, 0.717) is 32.1 Å². The Hall–Kier alpha value is -2.47. The van der Waals surface area contributed by atoms with Gasteiger partial charge in [-0.25, -0.2) is 9.78 Å². The van der Waals surface area contributed by atoms with Gasteiger partial charge in [-0.2, -0.15) is 13.2 Å². The molecule has 1 aromatic heterocycles. The molecule has 2 fully saturated rings. The summed E-state index contributed by atoms with van der Waals surface area (Å²) in [6.07, 6.45) is -0.450. The predicted octanol–water partition coefficient (Wildman–Crippen LogP) is 1.38. The Kier molecular flexibility index (Phi) is 7.88. The number of aliphatic carboxylic acids is 1. The summed E-state index contributed by atoms with van der Waals surface area (Å²) in [6, 6.07) is 1.67. The number of carbonyl (C=O) groups excluding carboxylic acids is 1. The molecule has 0 radical (unpaired) electrons. The number of likely N-dealkylation sites (tertiary alicyclic amines) is 1. The molecule has 1 atom stereocenters. The molecule has 0 spiro atoms. The Morgan fingerprint density at radius 3 is 2.41 bits per heavy atom. The van der Waals surface area contributed by atoms with E-state index in [-0.39, 0.29) is 17.6 Å². The van der Waals surface area contributed by atoms with Crippen molar-refractivity contribution in [1.82, 2.24) is 19.4 Å². The van der Waals surface area contributed by atoms with Crippen LogP contribution in [0.15, 0.2) is 10.9 Å². The molecule has 178 valence electrons. The molecular weight excluding hydrogens is 433 g/mol. The first-order valence-electron chi connectivity index (χ1n) is 10.7. The number of carboxylic acids is 1. The smallest absolute Gasteiger partial charge is 0.475 e. The molecule has 9 nitrogen and oxygen atoms in total. The van der Waals surface area contributed by atoms with E-state index in [1.165, 1.54) is 12.8 Å². The highest BCUT2D eigenvalue weighted by atomic mass is 19.4. The van der Waals surface area contributed by atoms with Crippen molar-refractivity contribution in [1.29, 1.82) is 0 Å². The second-order valence-electron chi connectivity index (χ2n) is 8.05. The van der Waals surface area contributed by atoms with Crippen LogP contribution in [0, 0.1) is 0 Å². The zero-order valence-electron chi connectivity index (χ0n) is 17.6. The van der Waals surface area contributed by atoms with E-state index in [0.717, 1.165) is 44.6 Å². The summed E-state index contributed by atoms with van der Waals surface area (Å²) in [5.74, 6) is -2.00. The third-order valence-electron chi connectivity index (χ3n) is 5.63. The lowest BCUT2D eigenvalue weighted by Crippen LogP contribution is -2.39. The number of rotatable bonds is 3. The zero-order chi connectivity index (χ0) is 23.3. The number of nitrogens with zero attached hydrogens (tertiary/aromatic N) is 4. The minimum atomic E-state index is -5.08. The number of halogens is 3. The van der Waals surface area contributed by atoms with Crippen LogP contribution < -0.4 is 5.56 Å². The summed E-state index contributed by atoms with van der Waals surface area (Å²) in [4.78, 5) is 43.0. The van der Waals surface area contributed by atoms with Crippen LogP contribution in [0.4, 0.5) is 13.2 Å². The number of amides is 1. The maximum absolute atomic E-state index is 12.7. The first-order valence-corrected chi connectivity index (χ1v) is 10.7. The number of alkyl halides is 3. The predicted molar refractivity (Wildman–Crippen MR) is 106 cm³/mol. The van der Waals surface area contributed by atoms with E-state index in [4.69, 9.17) is 19.6 Å². The summed E-state index contributed by atoms with van der Waals surface area (Å²) >= 11 is 0. The van der Waals surface area contributed by atoms with Crippen LogP contribution in [0.5, 0.6) is 0 Å². The first kappa shape index (κ1) is 24.2. The topological polar surface area (TPSA) is 105 Å². The average Bonchev–Trinajstić information content (AvgIpc) is 3.38. The fourth-order valence-electron chi connectivity index (χ4n) is 4.05. The largest absolute Gasteiger partial charge is 0.490 e. The minimum absolute atomic E-state index is 0.00520. The van der Waals surface area contributed by atoms with E-state index in [2.05, 4.69) is 4.90 Å². The highest BCUT2D eigenvalue weighted by Crippen LogP contribution is 2.18. The standard InChI is InChI=1S/C18H26N4O3.C2HF3O2/c23-17-11-14(12-20-6-1-2-7-20)19-16-13-21(8-4-9-22(16)17)18(24)15-5-3-10-25-15;3-2(4,5)1(6)7/h11,15H,1-10,12-13H2;(H,6,7)/t15-;/m1./s1. The van der Waals surface area contributed by atoms with Gasteiger partial charge in [-0.05, 0) is 45.2 Å². The van der Waals surface area contributed by atoms with Crippen molar-refractivity contribution in [3.63, 3.8) is 0 Å². The monoisotopic (exact) mass is 460 g/mol. The minimum Gasteiger partial charge on any atom is -0.475 e. The summed E-state index contributed by atoms with van der Waals surface area (Å²) in [5, 5.41) is 7.12. The highest BCUT2D eigenvalue weighted by Gasteiger charge is 2.38. The lowest BCUT2D eigenvalue weighted by atomic mass is 10.2. The summed E-state index contributed by atoms with van der Waals surface area (Å²) in [7, 11) is 0. The van der Waals surface area contributed by atoms with Crippen LogP contribution in [-0.4, -0.2) is 74.9 Å². The van der Waals surface area contributed by atoms with Crippen molar-refractivity contribution in [2.45, 2.75) is 64.0 Å². The molecule has 4 heterocycles. The van der Waals surface area contributed by atoms with E-state index in [1.807, 2.05) is 4.90 Å². The van der Waals surface area contributed by atoms with E-state index >= 15 is 0 Å². The SMILES string of the molecule is O=C(O)C(F)(F)F.O=C([C@H]1CCCO1)N1CCCn2c(nc(CN3CCCC3)cc2=O)C1. The van der Waals surface area contributed by atoms with Gasteiger partial charge >= 0.3 is 12.1 Å². The van der Waals surface area contributed by atoms with Gasteiger partial charge in [0.2, 0.25) is 0 Å². The van der Waals surface area contributed by atoms with Gasteiger partial charge in [-0.15, -0.1) is 0 Å². The lowest BCUT2D eigenvalue weighted by molar-refractivity contribution is -0.192. The van der Waals surface area contributed by atoms with Crippen LogP contribution in [0.2, 0.25) is 0 Å². The molecule has 4 rings (SSSR count). The van der Waals surface area contributed by atoms with Crippen LogP contribution in [0.1, 0.15) is 43.6 Å². The second kappa shape index (κ2) is 10.4. The highest BCUT2D eigenvalue weighted by molar-refractivity contribution is 5.81. The third kappa shape index (κ3) is 6.28. The Morgan fingerprint density at radius 2 is 1.81 bits per heavy atom. The molecule has 0 saturated carbocycles. The number of carbonyl (C=O) groups is 2. The van der Waals surface area contributed by atoms with Gasteiger partial charge in [0, 0.05) is 32.3 Å². The molecule has 32 heavy (non-hydrogen) atoms. The van der Waals surface area contributed by atoms with E-state index < -0.39 is 12.1 Å². The molecule has 0 aliphatic carbocycles. The van der Waals surface area contributed by atoms with Crippen molar-refractivity contribution in [3.05, 3.63) is 27.9 Å². The molecule has 1 amide bonds. The first-order chi connectivity index (χ1) is 15.1. The number of hydrogen-bond acceptors (Lipinski definition) is 6. The number of fused-ring (bicyclic) bond motifs is 1. The Bertz CT molecular complexity index is 877. The third-order valence-corrected chi connectivity index (χ3v) is 5.63. The van der Waals surface area contributed by atoms with Gasteiger partial charge in [0.15, 0.2) is 0 Å².